The van der Waals surface area contributed by atoms with E-state index in [1.807, 2.05) is 0 Å². The van der Waals surface area contributed by atoms with E-state index in [4.69, 9.17) is 5.11 Å². The second-order valence-corrected chi connectivity index (χ2v) is 7.16. The van der Waals surface area contributed by atoms with E-state index in [1.54, 1.807) is 17.1 Å². The van der Waals surface area contributed by atoms with E-state index < -0.39 is 23.7 Å². The highest BCUT2D eigenvalue weighted by molar-refractivity contribution is 5.79. The van der Waals surface area contributed by atoms with Crippen LogP contribution in [-0.4, -0.2) is 45.7 Å². The third kappa shape index (κ3) is 7.03. The van der Waals surface area contributed by atoms with Gasteiger partial charge in [0, 0.05) is 25.8 Å². The van der Waals surface area contributed by atoms with Gasteiger partial charge in [0.15, 0.2) is 11.6 Å². The Morgan fingerprint density at radius 1 is 1.21 bits per heavy atom. The molecule has 0 saturated carbocycles. The van der Waals surface area contributed by atoms with Crippen LogP contribution in [0, 0.1) is 11.6 Å². The Morgan fingerprint density at radius 2 is 1.96 bits per heavy atom. The lowest BCUT2D eigenvalue weighted by Gasteiger charge is -2.22. The Balaban J connectivity index is 1.79. The van der Waals surface area contributed by atoms with Crippen LogP contribution >= 0.6 is 0 Å². The zero-order chi connectivity index (χ0) is 20.5. The van der Waals surface area contributed by atoms with Crippen molar-refractivity contribution in [1.82, 2.24) is 4.90 Å². The van der Waals surface area contributed by atoms with Crippen LogP contribution in [0.1, 0.15) is 50.5 Å². The zero-order valence-corrected chi connectivity index (χ0v) is 15.8. The summed E-state index contributed by atoms with van der Waals surface area (Å²) in [6, 6.07) is 3.47. The summed E-state index contributed by atoms with van der Waals surface area (Å²) in [6.07, 6.45) is 7.19. The number of aliphatic hydroxyl groups is 1. The summed E-state index contributed by atoms with van der Waals surface area (Å²) in [5.41, 5.74) is 0.497. The number of carboxylic acid groups (broad SMARTS) is 1. The number of aliphatic hydroxyl groups excluding tert-OH is 1. The maximum Gasteiger partial charge on any atom is 0.303 e. The summed E-state index contributed by atoms with van der Waals surface area (Å²) >= 11 is 0. The van der Waals surface area contributed by atoms with Crippen LogP contribution in [-0.2, 0) is 16.0 Å². The van der Waals surface area contributed by atoms with Crippen LogP contribution in [0.3, 0.4) is 0 Å². The molecule has 1 aromatic carbocycles. The van der Waals surface area contributed by atoms with Gasteiger partial charge in [-0.25, -0.2) is 8.78 Å². The molecule has 0 aromatic heterocycles. The minimum absolute atomic E-state index is 0.0777. The lowest BCUT2D eigenvalue weighted by atomic mass is 10.1. The smallest absolute Gasteiger partial charge is 0.303 e. The average molecular weight is 395 g/mol. The molecule has 0 aliphatic carbocycles. The first-order valence-corrected chi connectivity index (χ1v) is 9.68. The highest BCUT2D eigenvalue weighted by Gasteiger charge is 2.28. The molecule has 154 valence electrons. The monoisotopic (exact) mass is 395 g/mol. The van der Waals surface area contributed by atoms with E-state index in [1.165, 1.54) is 6.07 Å². The molecular weight excluding hydrogens is 368 g/mol. The SMILES string of the molecule is O=C(O)CCCCCCN1C(=O)CC[C@@H]1C=C[C@@H](O)Cc1ccc(F)c(F)c1. The van der Waals surface area contributed by atoms with Crippen LogP contribution in [0.25, 0.3) is 0 Å². The molecule has 2 N–H and O–H groups in total. The summed E-state index contributed by atoms with van der Waals surface area (Å²) in [6.45, 7) is 0.611. The van der Waals surface area contributed by atoms with Crippen molar-refractivity contribution < 1.29 is 28.6 Å². The van der Waals surface area contributed by atoms with Crippen molar-refractivity contribution in [3.8, 4) is 0 Å². The average Bonchev–Trinajstić information content (AvgIpc) is 2.99. The van der Waals surface area contributed by atoms with Gasteiger partial charge in [-0.15, -0.1) is 0 Å². The van der Waals surface area contributed by atoms with Crippen LogP contribution < -0.4 is 0 Å². The van der Waals surface area contributed by atoms with Crippen molar-refractivity contribution in [1.29, 1.82) is 0 Å². The molecule has 2 rings (SSSR count). The van der Waals surface area contributed by atoms with Crippen molar-refractivity contribution in [3.63, 3.8) is 0 Å². The van der Waals surface area contributed by atoms with Crippen molar-refractivity contribution in [3.05, 3.63) is 47.5 Å². The number of hydrogen-bond acceptors (Lipinski definition) is 3. The summed E-state index contributed by atoms with van der Waals surface area (Å²) < 4.78 is 26.2. The second-order valence-electron chi connectivity index (χ2n) is 7.16. The maximum absolute atomic E-state index is 13.2. The van der Waals surface area contributed by atoms with E-state index in [9.17, 15) is 23.5 Å². The third-order valence-corrected chi connectivity index (χ3v) is 4.90. The molecule has 0 spiro atoms. The van der Waals surface area contributed by atoms with Crippen LogP contribution in [0.4, 0.5) is 8.78 Å². The highest BCUT2D eigenvalue weighted by Crippen LogP contribution is 2.21. The fraction of sp³-hybridized carbons (Fsp3) is 0.524. The highest BCUT2D eigenvalue weighted by atomic mass is 19.2. The number of rotatable bonds is 11. The van der Waals surface area contributed by atoms with E-state index in [0.29, 0.717) is 31.4 Å². The zero-order valence-electron chi connectivity index (χ0n) is 15.8. The van der Waals surface area contributed by atoms with E-state index in [-0.39, 0.29) is 24.8 Å². The molecule has 0 bridgehead atoms. The van der Waals surface area contributed by atoms with Gasteiger partial charge in [-0.2, -0.15) is 0 Å². The number of likely N-dealkylation sites (tertiary alicyclic amines) is 1. The molecule has 7 heteroatoms. The summed E-state index contributed by atoms with van der Waals surface area (Å²) in [7, 11) is 0. The number of carbonyl (C=O) groups excluding carboxylic acids is 1. The quantitative estimate of drug-likeness (QED) is 0.444. The fourth-order valence-corrected chi connectivity index (χ4v) is 3.39. The normalized spacial score (nSPS) is 18.2. The Kier molecular flexibility index (Phi) is 8.57. The Labute approximate surface area is 163 Å². The van der Waals surface area contributed by atoms with Gasteiger partial charge in [-0.1, -0.05) is 31.1 Å². The van der Waals surface area contributed by atoms with Crippen molar-refractivity contribution in [2.24, 2.45) is 0 Å². The number of amides is 1. The maximum atomic E-state index is 13.2. The Bertz CT molecular complexity index is 708. The van der Waals surface area contributed by atoms with Gasteiger partial charge in [0.2, 0.25) is 5.91 Å². The number of carbonyl (C=O) groups is 2. The Hall–Kier alpha value is -2.28. The largest absolute Gasteiger partial charge is 0.481 e. The van der Waals surface area contributed by atoms with Gasteiger partial charge in [0.25, 0.3) is 0 Å². The molecule has 1 saturated heterocycles. The van der Waals surface area contributed by atoms with Crippen LogP contribution in [0.5, 0.6) is 0 Å². The molecular formula is C21H27F2NO4. The van der Waals surface area contributed by atoms with Crippen LogP contribution in [0.2, 0.25) is 0 Å². The molecule has 0 radical (unpaired) electrons. The lowest BCUT2D eigenvalue weighted by molar-refractivity contribution is -0.137. The first-order valence-electron chi connectivity index (χ1n) is 9.68. The number of halogens is 2. The van der Waals surface area contributed by atoms with Gasteiger partial charge >= 0.3 is 5.97 Å². The number of aliphatic carboxylic acids is 1. The van der Waals surface area contributed by atoms with Gasteiger partial charge in [0.05, 0.1) is 12.1 Å². The predicted molar refractivity (Wildman–Crippen MR) is 101 cm³/mol. The van der Waals surface area contributed by atoms with E-state index in [0.717, 1.165) is 31.4 Å². The molecule has 1 amide bonds. The van der Waals surface area contributed by atoms with Gasteiger partial charge < -0.3 is 15.1 Å². The molecule has 1 aliphatic heterocycles. The first kappa shape index (κ1) is 22.0. The summed E-state index contributed by atoms with van der Waals surface area (Å²) in [5, 5.41) is 18.8. The van der Waals surface area contributed by atoms with E-state index >= 15 is 0 Å². The fourth-order valence-electron chi connectivity index (χ4n) is 3.39. The molecule has 5 nitrogen and oxygen atoms in total. The third-order valence-electron chi connectivity index (χ3n) is 4.90. The molecule has 28 heavy (non-hydrogen) atoms. The van der Waals surface area contributed by atoms with Crippen LogP contribution in [0.15, 0.2) is 30.4 Å². The number of benzene rings is 1. The van der Waals surface area contributed by atoms with Crippen molar-refractivity contribution in [2.45, 2.75) is 63.5 Å². The van der Waals surface area contributed by atoms with Gasteiger partial charge in [-0.3, -0.25) is 9.59 Å². The minimum atomic E-state index is -0.940. The molecule has 1 heterocycles. The summed E-state index contributed by atoms with van der Waals surface area (Å²) in [5.74, 6) is -2.57. The topological polar surface area (TPSA) is 77.8 Å². The van der Waals surface area contributed by atoms with E-state index in [2.05, 4.69) is 0 Å². The molecule has 1 fully saturated rings. The number of carboxylic acids is 1. The van der Waals surface area contributed by atoms with Gasteiger partial charge in [0.1, 0.15) is 0 Å². The first-order chi connectivity index (χ1) is 13.4. The standard InChI is InChI=1S/C21H27F2NO4/c22-18-10-6-15(14-19(18)23)13-17(25)9-7-16-8-11-20(26)24(16)12-4-2-1-3-5-21(27)28/h6-7,9-10,14,16-17,25H,1-5,8,11-13H2,(H,27,28)/t16-,17+/m0/s1. The number of unbranched alkanes of at least 4 members (excludes halogenated alkanes) is 3. The predicted octanol–water partition coefficient (Wildman–Crippen LogP) is 3.45. The lowest BCUT2D eigenvalue weighted by Crippen LogP contribution is -2.32. The summed E-state index contributed by atoms with van der Waals surface area (Å²) in [4.78, 5) is 24.3. The van der Waals surface area contributed by atoms with Crippen molar-refractivity contribution >= 4 is 11.9 Å². The molecule has 2 atom stereocenters. The van der Waals surface area contributed by atoms with Gasteiger partial charge in [-0.05, 0) is 37.0 Å². The minimum Gasteiger partial charge on any atom is -0.481 e. The molecule has 0 unspecified atom stereocenters. The number of hydrogen-bond donors (Lipinski definition) is 2. The number of nitrogens with zero attached hydrogens (tertiary/aromatic N) is 1. The molecule has 1 aliphatic rings. The van der Waals surface area contributed by atoms with Crippen molar-refractivity contribution in [2.75, 3.05) is 6.54 Å². The molecule has 1 aromatic rings. The Morgan fingerprint density at radius 3 is 2.68 bits per heavy atom. The second kappa shape index (κ2) is 10.9.